The summed E-state index contributed by atoms with van der Waals surface area (Å²) in [5.74, 6) is 0.675. The van der Waals surface area contributed by atoms with Gasteiger partial charge in [0.15, 0.2) is 11.5 Å². The molecule has 2 amide bonds. The van der Waals surface area contributed by atoms with E-state index in [9.17, 15) is 9.59 Å². The average Bonchev–Trinajstić information content (AvgIpc) is 3.33. The fourth-order valence-electron chi connectivity index (χ4n) is 3.43. The van der Waals surface area contributed by atoms with Crippen molar-refractivity contribution in [2.24, 2.45) is 5.92 Å². The van der Waals surface area contributed by atoms with Crippen LogP contribution in [0.15, 0.2) is 42.5 Å². The van der Waals surface area contributed by atoms with Crippen LogP contribution in [0.1, 0.15) is 13.3 Å². The summed E-state index contributed by atoms with van der Waals surface area (Å²) in [7, 11) is 2.00. The third-order valence-corrected chi connectivity index (χ3v) is 5.19. The Kier molecular flexibility index (Phi) is 4.81. The van der Waals surface area contributed by atoms with Gasteiger partial charge in [-0.2, -0.15) is 0 Å². The molecule has 28 heavy (non-hydrogen) atoms. The van der Waals surface area contributed by atoms with Gasteiger partial charge in [0.25, 0.3) is 0 Å². The standard InChI is InChI=1S/C21H23N3O4/c1-3-23(2)16-6-4-5-15(10-16)22-21(26)14-9-20(25)24(12-14)17-7-8-18-19(11-17)28-13-27-18/h4-8,10-11,14H,3,9,12-13H2,1-2H3,(H,22,26). The van der Waals surface area contributed by atoms with E-state index in [0.717, 1.165) is 23.6 Å². The minimum Gasteiger partial charge on any atom is -0.454 e. The summed E-state index contributed by atoms with van der Waals surface area (Å²) < 4.78 is 10.7. The van der Waals surface area contributed by atoms with Gasteiger partial charge in [0.05, 0.1) is 5.92 Å². The van der Waals surface area contributed by atoms with Crippen LogP contribution in [0.4, 0.5) is 17.1 Å². The second-order valence-electron chi connectivity index (χ2n) is 7.00. The number of carbonyl (C=O) groups is 2. The second-order valence-corrected chi connectivity index (χ2v) is 7.00. The summed E-state index contributed by atoms with van der Waals surface area (Å²) in [4.78, 5) is 28.9. The highest BCUT2D eigenvalue weighted by atomic mass is 16.7. The highest BCUT2D eigenvalue weighted by Crippen LogP contribution is 2.37. The number of ether oxygens (including phenoxy) is 2. The zero-order valence-corrected chi connectivity index (χ0v) is 16.0. The van der Waals surface area contributed by atoms with Crippen molar-refractivity contribution in [1.82, 2.24) is 0 Å². The van der Waals surface area contributed by atoms with Crippen molar-refractivity contribution in [1.29, 1.82) is 0 Å². The van der Waals surface area contributed by atoms with Crippen molar-refractivity contribution >= 4 is 28.9 Å². The first-order valence-corrected chi connectivity index (χ1v) is 9.37. The van der Waals surface area contributed by atoms with Gasteiger partial charge >= 0.3 is 0 Å². The molecule has 2 aromatic rings. The number of carbonyl (C=O) groups excluding carboxylic acids is 2. The van der Waals surface area contributed by atoms with Crippen LogP contribution in [0, 0.1) is 5.92 Å². The van der Waals surface area contributed by atoms with E-state index in [-0.39, 0.29) is 25.0 Å². The number of hydrogen-bond acceptors (Lipinski definition) is 5. The zero-order valence-electron chi connectivity index (χ0n) is 16.0. The van der Waals surface area contributed by atoms with Gasteiger partial charge in [-0.1, -0.05) is 6.07 Å². The molecule has 2 aliphatic rings. The molecule has 4 rings (SSSR count). The maximum atomic E-state index is 12.7. The largest absolute Gasteiger partial charge is 0.454 e. The summed E-state index contributed by atoms with van der Waals surface area (Å²) >= 11 is 0. The molecule has 7 heteroatoms. The van der Waals surface area contributed by atoms with Gasteiger partial charge < -0.3 is 24.6 Å². The molecule has 7 nitrogen and oxygen atoms in total. The third-order valence-electron chi connectivity index (χ3n) is 5.19. The number of hydrogen-bond donors (Lipinski definition) is 1. The monoisotopic (exact) mass is 381 g/mol. The van der Waals surface area contributed by atoms with E-state index in [1.54, 1.807) is 17.0 Å². The van der Waals surface area contributed by atoms with Crippen molar-refractivity contribution in [3.8, 4) is 11.5 Å². The number of rotatable bonds is 5. The SMILES string of the molecule is CCN(C)c1cccc(NC(=O)C2CC(=O)N(c3ccc4c(c3)OCO4)C2)c1. The molecule has 0 radical (unpaired) electrons. The summed E-state index contributed by atoms with van der Waals surface area (Å²) in [6.07, 6.45) is 0.189. The summed E-state index contributed by atoms with van der Waals surface area (Å²) in [5, 5.41) is 2.95. The fraction of sp³-hybridized carbons (Fsp3) is 0.333. The van der Waals surface area contributed by atoms with Crippen LogP contribution in [0.25, 0.3) is 0 Å². The lowest BCUT2D eigenvalue weighted by atomic mass is 10.1. The van der Waals surface area contributed by atoms with E-state index in [2.05, 4.69) is 17.1 Å². The number of fused-ring (bicyclic) bond motifs is 1. The van der Waals surface area contributed by atoms with Crippen LogP contribution < -0.4 is 24.6 Å². The Labute approximate surface area is 163 Å². The first kappa shape index (κ1) is 18.2. The zero-order chi connectivity index (χ0) is 19.7. The second kappa shape index (κ2) is 7.42. The molecule has 0 bridgehead atoms. The lowest BCUT2D eigenvalue weighted by molar-refractivity contribution is -0.122. The summed E-state index contributed by atoms with van der Waals surface area (Å²) in [6.45, 7) is 3.47. The number of amides is 2. The molecule has 1 unspecified atom stereocenters. The third kappa shape index (κ3) is 3.47. The molecular weight excluding hydrogens is 358 g/mol. The maximum Gasteiger partial charge on any atom is 0.231 e. The number of benzene rings is 2. The molecule has 2 aliphatic heterocycles. The number of nitrogens with one attached hydrogen (secondary N) is 1. The molecule has 2 aromatic carbocycles. The van der Waals surface area contributed by atoms with Crippen LogP contribution in [-0.4, -0.2) is 38.7 Å². The van der Waals surface area contributed by atoms with Crippen LogP contribution in [-0.2, 0) is 9.59 Å². The van der Waals surface area contributed by atoms with Gasteiger partial charge in [-0.25, -0.2) is 0 Å². The molecule has 2 heterocycles. The van der Waals surface area contributed by atoms with Crippen molar-refractivity contribution in [2.45, 2.75) is 13.3 Å². The molecule has 146 valence electrons. The van der Waals surface area contributed by atoms with Crippen molar-refractivity contribution < 1.29 is 19.1 Å². The lowest BCUT2D eigenvalue weighted by Gasteiger charge is -2.19. The fourth-order valence-corrected chi connectivity index (χ4v) is 3.43. The topological polar surface area (TPSA) is 71.1 Å². The van der Waals surface area contributed by atoms with Gasteiger partial charge in [-0.05, 0) is 37.3 Å². The molecule has 0 aromatic heterocycles. The Bertz CT molecular complexity index is 914. The first-order valence-electron chi connectivity index (χ1n) is 9.37. The van der Waals surface area contributed by atoms with Gasteiger partial charge in [0.1, 0.15) is 0 Å². The van der Waals surface area contributed by atoms with E-state index >= 15 is 0 Å². The molecule has 1 atom stereocenters. The minimum atomic E-state index is -0.398. The van der Waals surface area contributed by atoms with E-state index in [1.807, 2.05) is 37.4 Å². The van der Waals surface area contributed by atoms with E-state index in [0.29, 0.717) is 18.0 Å². The highest BCUT2D eigenvalue weighted by molar-refractivity contribution is 6.03. The Hall–Kier alpha value is -3.22. The van der Waals surface area contributed by atoms with Gasteiger partial charge in [-0.3, -0.25) is 9.59 Å². The van der Waals surface area contributed by atoms with Gasteiger partial charge in [0, 0.05) is 49.7 Å². The van der Waals surface area contributed by atoms with Gasteiger partial charge in [-0.15, -0.1) is 0 Å². The van der Waals surface area contributed by atoms with Crippen LogP contribution in [0.2, 0.25) is 0 Å². The maximum absolute atomic E-state index is 12.7. The Morgan fingerprint density at radius 2 is 2.04 bits per heavy atom. The molecule has 0 aliphatic carbocycles. The van der Waals surface area contributed by atoms with E-state index in [1.165, 1.54) is 0 Å². The quantitative estimate of drug-likeness (QED) is 0.862. The predicted octanol–water partition coefficient (Wildman–Crippen LogP) is 2.86. The Morgan fingerprint density at radius 3 is 2.86 bits per heavy atom. The minimum absolute atomic E-state index is 0.0708. The molecule has 1 fully saturated rings. The summed E-state index contributed by atoms with van der Waals surface area (Å²) in [6, 6.07) is 13.1. The molecular formula is C21H23N3O4. The number of nitrogens with zero attached hydrogens (tertiary/aromatic N) is 2. The normalized spacial score (nSPS) is 17.7. The van der Waals surface area contributed by atoms with E-state index < -0.39 is 5.92 Å². The van der Waals surface area contributed by atoms with Crippen molar-refractivity contribution in [3.05, 3.63) is 42.5 Å². The predicted molar refractivity (Wildman–Crippen MR) is 107 cm³/mol. The van der Waals surface area contributed by atoms with Crippen molar-refractivity contribution in [3.63, 3.8) is 0 Å². The average molecular weight is 381 g/mol. The lowest BCUT2D eigenvalue weighted by Crippen LogP contribution is -2.28. The van der Waals surface area contributed by atoms with E-state index in [4.69, 9.17) is 9.47 Å². The van der Waals surface area contributed by atoms with Crippen LogP contribution in [0.5, 0.6) is 11.5 Å². The molecule has 0 saturated carbocycles. The van der Waals surface area contributed by atoms with Crippen LogP contribution >= 0.6 is 0 Å². The molecule has 1 N–H and O–H groups in total. The molecule has 0 spiro atoms. The number of anilines is 3. The smallest absolute Gasteiger partial charge is 0.231 e. The summed E-state index contributed by atoms with van der Waals surface area (Å²) in [5.41, 5.74) is 2.48. The van der Waals surface area contributed by atoms with Crippen molar-refractivity contribution in [2.75, 3.05) is 42.0 Å². The molecule has 1 saturated heterocycles. The Morgan fingerprint density at radius 1 is 1.21 bits per heavy atom. The van der Waals surface area contributed by atoms with Gasteiger partial charge in [0.2, 0.25) is 18.6 Å². The first-order chi connectivity index (χ1) is 13.5. The Balaban J connectivity index is 1.44. The highest BCUT2D eigenvalue weighted by Gasteiger charge is 2.35. The van der Waals surface area contributed by atoms with Crippen LogP contribution in [0.3, 0.4) is 0 Å².